The third-order valence-corrected chi connectivity index (χ3v) is 4.39. The first-order valence-electron chi connectivity index (χ1n) is 8.76. The molecule has 2 heterocycles. The Morgan fingerprint density at radius 3 is 2.48 bits per heavy atom. The number of hydrogen-bond acceptors (Lipinski definition) is 5. The van der Waals surface area contributed by atoms with Gasteiger partial charge in [-0.25, -0.2) is 15.0 Å². The molecular formula is C21H16ClN5O2. The van der Waals surface area contributed by atoms with E-state index in [9.17, 15) is 4.79 Å². The van der Waals surface area contributed by atoms with E-state index in [2.05, 4.69) is 20.3 Å². The van der Waals surface area contributed by atoms with Crippen molar-refractivity contribution in [3.05, 3.63) is 89.7 Å². The molecule has 0 fully saturated rings. The average molecular weight is 406 g/mol. The molecule has 0 radical (unpaired) electrons. The highest BCUT2D eigenvalue weighted by atomic mass is 35.5. The van der Waals surface area contributed by atoms with Crippen molar-refractivity contribution < 1.29 is 9.53 Å². The highest BCUT2D eigenvalue weighted by molar-refractivity contribution is 6.30. The standard InChI is InChI=1S/C21H16ClN5O2/c1-14-23-10-11-27(14)19-12-20(25-13-24-19)29-18-8-6-17(7-9-18)26-21(28)15-2-4-16(22)5-3-15/h2-13H,1H3,(H,26,28). The molecule has 0 spiro atoms. The van der Waals surface area contributed by atoms with Gasteiger partial charge >= 0.3 is 0 Å². The molecule has 0 aliphatic carbocycles. The van der Waals surface area contributed by atoms with Crippen molar-refractivity contribution in [2.45, 2.75) is 6.92 Å². The summed E-state index contributed by atoms with van der Waals surface area (Å²) >= 11 is 5.85. The summed E-state index contributed by atoms with van der Waals surface area (Å²) in [6.45, 7) is 1.89. The summed E-state index contributed by atoms with van der Waals surface area (Å²) in [6.07, 6.45) is 4.96. The van der Waals surface area contributed by atoms with Gasteiger partial charge in [0.25, 0.3) is 5.91 Å². The van der Waals surface area contributed by atoms with Crippen LogP contribution < -0.4 is 10.1 Å². The number of aryl methyl sites for hydroxylation is 1. The number of carbonyl (C=O) groups is 1. The molecule has 1 amide bonds. The van der Waals surface area contributed by atoms with E-state index in [0.29, 0.717) is 33.7 Å². The smallest absolute Gasteiger partial charge is 0.255 e. The van der Waals surface area contributed by atoms with E-state index < -0.39 is 0 Å². The van der Waals surface area contributed by atoms with E-state index in [1.165, 1.54) is 6.33 Å². The van der Waals surface area contributed by atoms with Crippen molar-refractivity contribution in [3.63, 3.8) is 0 Å². The summed E-state index contributed by atoms with van der Waals surface area (Å²) in [5, 5.41) is 3.41. The molecule has 4 rings (SSSR count). The maximum Gasteiger partial charge on any atom is 0.255 e. The van der Waals surface area contributed by atoms with Crippen LogP contribution >= 0.6 is 11.6 Å². The molecule has 0 unspecified atom stereocenters. The van der Waals surface area contributed by atoms with Gasteiger partial charge in [-0.2, -0.15) is 0 Å². The first kappa shape index (κ1) is 18.6. The second-order valence-electron chi connectivity index (χ2n) is 6.15. The van der Waals surface area contributed by atoms with Gasteiger partial charge in [-0.1, -0.05) is 11.6 Å². The minimum Gasteiger partial charge on any atom is -0.439 e. The number of ether oxygens (including phenoxy) is 1. The molecular weight excluding hydrogens is 390 g/mol. The number of rotatable bonds is 5. The van der Waals surface area contributed by atoms with Crippen molar-refractivity contribution in [3.8, 4) is 17.4 Å². The van der Waals surface area contributed by atoms with Crippen molar-refractivity contribution >= 4 is 23.2 Å². The van der Waals surface area contributed by atoms with Gasteiger partial charge < -0.3 is 10.1 Å². The molecule has 0 aliphatic rings. The van der Waals surface area contributed by atoms with Crippen LogP contribution in [0.25, 0.3) is 5.82 Å². The lowest BCUT2D eigenvalue weighted by atomic mass is 10.2. The Kier molecular flexibility index (Phi) is 5.22. The van der Waals surface area contributed by atoms with Crippen LogP contribution in [-0.4, -0.2) is 25.4 Å². The minimum absolute atomic E-state index is 0.216. The predicted octanol–water partition coefficient (Wildman–Crippen LogP) is 4.67. The van der Waals surface area contributed by atoms with E-state index >= 15 is 0 Å². The van der Waals surface area contributed by atoms with Gasteiger partial charge in [0.05, 0.1) is 0 Å². The lowest BCUT2D eigenvalue weighted by molar-refractivity contribution is 0.102. The maximum atomic E-state index is 12.3. The normalized spacial score (nSPS) is 10.6. The molecule has 0 bridgehead atoms. The second-order valence-corrected chi connectivity index (χ2v) is 6.58. The molecule has 144 valence electrons. The number of aromatic nitrogens is 4. The van der Waals surface area contributed by atoms with Crippen LogP contribution in [0.1, 0.15) is 16.2 Å². The molecule has 7 nitrogen and oxygen atoms in total. The molecule has 8 heteroatoms. The zero-order chi connectivity index (χ0) is 20.2. The quantitative estimate of drug-likeness (QED) is 0.521. The number of hydrogen-bond donors (Lipinski definition) is 1. The highest BCUT2D eigenvalue weighted by Gasteiger charge is 2.08. The van der Waals surface area contributed by atoms with Crippen molar-refractivity contribution in [2.75, 3.05) is 5.32 Å². The van der Waals surface area contributed by atoms with E-state index in [1.807, 2.05) is 17.7 Å². The Labute approximate surface area is 172 Å². The fraction of sp³-hybridized carbons (Fsp3) is 0.0476. The van der Waals surface area contributed by atoms with Gasteiger partial charge in [-0.3, -0.25) is 9.36 Å². The molecule has 0 aliphatic heterocycles. The molecule has 0 atom stereocenters. The zero-order valence-electron chi connectivity index (χ0n) is 15.4. The van der Waals surface area contributed by atoms with Crippen LogP contribution in [-0.2, 0) is 0 Å². The number of benzene rings is 2. The second kappa shape index (κ2) is 8.12. The van der Waals surface area contributed by atoms with Gasteiger partial charge in [0, 0.05) is 34.7 Å². The average Bonchev–Trinajstić information content (AvgIpc) is 3.16. The number of amides is 1. The fourth-order valence-electron chi connectivity index (χ4n) is 2.67. The summed E-state index contributed by atoms with van der Waals surface area (Å²) < 4.78 is 7.64. The summed E-state index contributed by atoms with van der Waals surface area (Å²) in [5.74, 6) is 2.25. The number of nitrogens with one attached hydrogen (secondary N) is 1. The van der Waals surface area contributed by atoms with Crippen LogP contribution in [0.4, 0.5) is 5.69 Å². The molecule has 1 N–H and O–H groups in total. The lowest BCUT2D eigenvalue weighted by Crippen LogP contribution is -2.11. The van der Waals surface area contributed by atoms with Crippen molar-refractivity contribution in [1.82, 2.24) is 19.5 Å². The van der Waals surface area contributed by atoms with Crippen LogP contribution in [0.15, 0.2) is 73.3 Å². The molecule has 0 saturated carbocycles. The number of imidazole rings is 1. The summed E-state index contributed by atoms with van der Waals surface area (Å²) in [6, 6.07) is 15.4. The third-order valence-electron chi connectivity index (χ3n) is 4.14. The molecule has 29 heavy (non-hydrogen) atoms. The summed E-state index contributed by atoms with van der Waals surface area (Å²) in [7, 11) is 0. The van der Waals surface area contributed by atoms with Gasteiger partial charge in [0.15, 0.2) is 0 Å². The Morgan fingerprint density at radius 2 is 1.79 bits per heavy atom. The zero-order valence-corrected chi connectivity index (χ0v) is 16.2. The maximum absolute atomic E-state index is 12.3. The highest BCUT2D eigenvalue weighted by Crippen LogP contribution is 2.23. The number of anilines is 1. The van der Waals surface area contributed by atoms with Crippen LogP contribution in [0.5, 0.6) is 11.6 Å². The van der Waals surface area contributed by atoms with Crippen LogP contribution in [0.3, 0.4) is 0 Å². The van der Waals surface area contributed by atoms with E-state index in [1.54, 1.807) is 60.8 Å². The summed E-state index contributed by atoms with van der Waals surface area (Å²) in [4.78, 5) is 24.8. The molecule has 2 aromatic carbocycles. The van der Waals surface area contributed by atoms with E-state index in [-0.39, 0.29) is 5.91 Å². The van der Waals surface area contributed by atoms with Gasteiger partial charge in [-0.05, 0) is 55.5 Å². The molecule has 4 aromatic rings. The predicted molar refractivity (Wildman–Crippen MR) is 110 cm³/mol. The van der Waals surface area contributed by atoms with Crippen LogP contribution in [0, 0.1) is 6.92 Å². The lowest BCUT2D eigenvalue weighted by Gasteiger charge is -2.09. The largest absolute Gasteiger partial charge is 0.439 e. The summed E-state index contributed by atoms with van der Waals surface area (Å²) in [5.41, 5.74) is 1.17. The number of nitrogens with zero attached hydrogens (tertiary/aromatic N) is 4. The van der Waals surface area contributed by atoms with Crippen molar-refractivity contribution in [2.24, 2.45) is 0 Å². The Hall–Kier alpha value is -3.71. The van der Waals surface area contributed by atoms with Gasteiger partial charge in [0.2, 0.25) is 5.88 Å². The van der Waals surface area contributed by atoms with Gasteiger partial charge in [0.1, 0.15) is 23.7 Å². The van der Waals surface area contributed by atoms with E-state index in [4.69, 9.17) is 16.3 Å². The topological polar surface area (TPSA) is 81.9 Å². The van der Waals surface area contributed by atoms with Gasteiger partial charge in [-0.15, -0.1) is 0 Å². The molecule has 2 aromatic heterocycles. The van der Waals surface area contributed by atoms with Crippen LogP contribution in [0.2, 0.25) is 5.02 Å². The Bertz CT molecular complexity index is 1140. The minimum atomic E-state index is -0.216. The Balaban J connectivity index is 1.44. The first-order chi connectivity index (χ1) is 14.1. The number of carbonyl (C=O) groups excluding carboxylic acids is 1. The monoisotopic (exact) mass is 405 g/mol. The molecule has 0 saturated heterocycles. The van der Waals surface area contributed by atoms with Crippen molar-refractivity contribution in [1.29, 1.82) is 0 Å². The third kappa shape index (κ3) is 4.41. The number of halogens is 1. The van der Waals surface area contributed by atoms with E-state index in [0.717, 1.165) is 5.82 Å². The first-order valence-corrected chi connectivity index (χ1v) is 9.13. The SMILES string of the molecule is Cc1nccn1-c1cc(Oc2ccc(NC(=O)c3ccc(Cl)cc3)cc2)ncn1. The Morgan fingerprint density at radius 1 is 1.03 bits per heavy atom. The fourth-order valence-corrected chi connectivity index (χ4v) is 2.80.